The van der Waals surface area contributed by atoms with Gasteiger partial charge in [-0.15, -0.1) is 0 Å². The second kappa shape index (κ2) is 10.6. The van der Waals surface area contributed by atoms with Crippen LogP contribution in [0.15, 0.2) is 65.6 Å². The molecule has 0 spiro atoms. The molecule has 0 atom stereocenters. The van der Waals surface area contributed by atoms with Gasteiger partial charge in [0.25, 0.3) is 11.1 Å². The molecule has 3 aromatic rings. The number of halogens is 2. The van der Waals surface area contributed by atoms with Gasteiger partial charge in [0, 0.05) is 5.02 Å². The Labute approximate surface area is 212 Å². The molecule has 174 valence electrons. The van der Waals surface area contributed by atoms with Crippen LogP contribution in [-0.2, 0) is 17.9 Å². The SMILES string of the molecule is COc1cc(/C=C2\SC(=O)N(Cc3cccc(Cl)c3)C2=O)cc(Cl)c1OCc1ccccc1C. The predicted octanol–water partition coefficient (Wildman–Crippen LogP) is 7.13. The fourth-order valence-electron chi connectivity index (χ4n) is 3.49. The average Bonchev–Trinajstić information content (AvgIpc) is 3.06. The molecule has 0 N–H and O–H groups in total. The van der Waals surface area contributed by atoms with Crippen LogP contribution in [0.25, 0.3) is 6.08 Å². The summed E-state index contributed by atoms with van der Waals surface area (Å²) in [5.74, 6) is 0.481. The Balaban J connectivity index is 1.54. The number of hydrogen-bond acceptors (Lipinski definition) is 5. The van der Waals surface area contributed by atoms with E-state index < -0.39 is 0 Å². The number of imide groups is 1. The summed E-state index contributed by atoms with van der Waals surface area (Å²) in [6.07, 6.45) is 1.63. The first-order chi connectivity index (χ1) is 16.4. The van der Waals surface area contributed by atoms with E-state index in [1.54, 1.807) is 36.4 Å². The summed E-state index contributed by atoms with van der Waals surface area (Å²) >= 11 is 13.4. The Morgan fingerprint density at radius 1 is 1.03 bits per heavy atom. The van der Waals surface area contributed by atoms with E-state index in [0.717, 1.165) is 28.5 Å². The van der Waals surface area contributed by atoms with E-state index in [0.29, 0.717) is 38.6 Å². The third kappa shape index (κ3) is 5.41. The number of nitrogens with zero attached hydrogens (tertiary/aromatic N) is 1. The van der Waals surface area contributed by atoms with Crippen molar-refractivity contribution in [2.24, 2.45) is 0 Å². The largest absolute Gasteiger partial charge is 0.493 e. The lowest BCUT2D eigenvalue weighted by atomic mass is 10.1. The number of hydrogen-bond donors (Lipinski definition) is 0. The summed E-state index contributed by atoms with van der Waals surface area (Å²) in [7, 11) is 1.52. The number of methoxy groups -OCH3 is 1. The van der Waals surface area contributed by atoms with E-state index in [4.69, 9.17) is 32.7 Å². The molecule has 0 unspecified atom stereocenters. The van der Waals surface area contributed by atoms with Crippen LogP contribution in [0.5, 0.6) is 11.5 Å². The van der Waals surface area contributed by atoms with Gasteiger partial charge in [-0.2, -0.15) is 0 Å². The number of benzene rings is 3. The van der Waals surface area contributed by atoms with E-state index >= 15 is 0 Å². The molecule has 1 aliphatic rings. The lowest BCUT2D eigenvalue weighted by Gasteiger charge is -2.14. The standard InChI is InChI=1S/C26H21Cl2NO4S/c1-16-6-3-4-8-19(16)15-33-24-21(28)11-18(12-22(24)32-2)13-23-25(30)29(26(31)34-23)14-17-7-5-9-20(27)10-17/h3-13H,14-15H2,1-2H3/b23-13-. The molecule has 34 heavy (non-hydrogen) atoms. The highest BCUT2D eigenvalue weighted by atomic mass is 35.5. The molecule has 1 saturated heterocycles. The normalized spacial score (nSPS) is 14.7. The van der Waals surface area contributed by atoms with Crippen molar-refractivity contribution in [3.63, 3.8) is 0 Å². The second-order valence-corrected chi connectivity index (χ2v) is 9.48. The lowest BCUT2D eigenvalue weighted by molar-refractivity contribution is -0.123. The Bertz CT molecular complexity index is 1290. The third-order valence-electron chi connectivity index (χ3n) is 5.29. The van der Waals surface area contributed by atoms with Gasteiger partial charge in [0.15, 0.2) is 11.5 Å². The predicted molar refractivity (Wildman–Crippen MR) is 136 cm³/mol. The van der Waals surface area contributed by atoms with Crippen molar-refractivity contribution in [3.8, 4) is 11.5 Å². The van der Waals surface area contributed by atoms with Crippen LogP contribution in [0.1, 0.15) is 22.3 Å². The first-order valence-corrected chi connectivity index (χ1v) is 12.0. The van der Waals surface area contributed by atoms with Gasteiger partial charge in [0.2, 0.25) is 0 Å². The molecule has 2 amide bonds. The fourth-order valence-corrected chi connectivity index (χ4v) is 4.82. The maximum atomic E-state index is 12.9. The maximum Gasteiger partial charge on any atom is 0.293 e. The van der Waals surface area contributed by atoms with Crippen LogP contribution in [0.4, 0.5) is 4.79 Å². The Hall–Kier alpha value is -2.93. The minimum atomic E-state index is -0.370. The Morgan fingerprint density at radius 2 is 1.82 bits per heavy atom. The number of amides is 2. The second-order valence-electron chi connectivity index (χ2n) is 7.65. The van der Waals surface area contributed by atoms with Gasteiger partial charge >= 0.3 is 0 Å². The third-order valence-corrected chi connectivity index (χ3v) is 6.71. The number of aryl methyl sites for hydroxylation is 1. The monoisotopic (exact) mass is 513 g/mol. The summed E-state index contributed by atoms with van der Waals surface area (Å²) in [5, 5.41) is 0.552. The average molecular weight is 514 g/mol. The molecule has 8 heteroatoms. The van der Waals surface area contributed by atoms with Crippen LogP contribution in [0.3, 0.4) is 0 Å². The van der Waals surface area contributed by atoms with E-state index in [1.165, 1.54) is 12.0 Å². The van der Waals surface area contributed by atoms with Gasteiger partial charge in [-0.05, 0) is 71.3 Å². The molecule has 1 heterocycles. The zero-order valence-electron chi connectivity index (χ0n) is 18.5. The number of carbonyl (C=O) groups excluding carboxylic acids is 2. The van der Waals surface area contributed by atoms with Crippen molar-refractivity contribution in [2.75, 3.05) is 7.11 Å². The van der Waals surface area contributed by atoms with E-state index in [1.807, 2.05) is 37.3 Å². The van der Waals surface area contributed by atoms with Gasteiger partial charge in [-0.3, -0.25) is 14.5 Å². The topological polar surface area (TPSA) is 55.8 Å². The van der Waals surface area contributed by atoms with Crippen LogP contribution >= 0.6 is 35.0 Å². The molecular formula is C26H21Cl2NO4S. The van der Waals surface area contributed by atoms with Crippen molar-refractivity contribution in [2.45, 2.75) is 20.1 Å². The smallest absolute Gasteiger partial charge is 0.293 e. The van der Waals surface area contributed by atoms with Crippen molar-refractivity contribution in [1.29, 1.82) is 0 Å². The summed E-state index contributed by atoms with van der Waals surface area (Å²) in [4.78, 5) is 26.9. The maximum absolute atomic E-state index is 12.9. The minimum absolute atomic E-state index is 0.151. The van der Waals surface area contributed by atoms with Crippen LogP contribution in [0, 0.1) is 6.92 Å². The Kier molecular flexibility index (Phi) is 7.51. The van der Waals surface area contributed by atoms with Crippen molar-refractivity contribution >= 4 is 52.2 Å². The van der Waals surface area contributed by atoms with Crippen LogP contribution in [-0.4, -0.2) is 23.2 Å². The van der Waals surface area contributed by atoms with Gasteiger partial charge < -0.3 is 9.47 Å². The molecule has 5 nitrogen and oxygen atoms in total. The van der Waals surface area contributed by atoms with E-state index in [9.17, 15) is 9.59 Å². The summed E-state index contributed by atoms with van der Waals surface area (Å²) in [6, 6.07) is 18.4. The molecule has 1 aliphatic heterocycles. The number of rotatable bonds is 7. The highest BCUT2D eigenvalue weighted by molar-refractivity contribution is 8.18. The van der Waals surface area contributed by atoms with Crippen LogP contribution < -0.4 is 9.47 Å². The Morgan fingerprint density at radius 3 is 2.56 bits per heavy atom. The van der Waals surface area contributed by atoms with Gasteiger partial charge in [0.1, 0.15) is 6.61 Å². The number of thioether (sulfide) groups is 1. The minimum Gasteiger partial charge on any atom is -0.493 e. The molecule has 0 bridgehead atoms. The highest BCUT2D eigenvalue weighted by Crippen LogP contribution is 2.39. The zero-order chi connectivity index (χ0) is 24.2. The first-order valence-electron chi connectivity index (χ1n) is 10.4. The molecule has 0 saturated carbocycles. The van der Waals surface area contributed by atoms with Crippen molar-refractivity contribution in [1.82, 2.24) is 4.90 Å². The van der Waals surface area contributed by atoms with Gasteiger partial charge in [0.05, 0.1) is 23.6 Å². The van der Waals surface area contributed by atoms with Gasteiger partial charge in [-0.25, -0.2) is 0 Å². The highest BCUT2D eigenvalue weighted by Gasteiger charge is 2.35. The molecule has 4 rings (SSSR count). The van der Waals surface area contributed by atoms with E-state index in [2.05, 4.69) is 0 Å². The summed E-state index contributed by atoms with van der Waals surface area (Å²) < 4.78 is 11.4. The molecular weight excluding hydrogens is 493 g/mol. The fraction of sp³-hybridized carbons (Fsp3) is 0.154. The quantitative estimate of drug-likeness (QED) is 0.314. The zero-order valence-corrected chi connectivity index (χ0v) is 20.8. The first kappa shape index (κ1) is 24.2. The van der Waals surface area contributed by atoms with Gasteiger partial charge in [-0.1, -0.05) is 59.6 Å². The van der Waals surface area contributed by atoms with Crippen molar-refractivity contribution < 1.29 is 19.1 Å². The van der Waals surface area contributed by atoms with Crippen molar-refractivity contribution in [3.05, 3.63) is 97.9 Å². The van der Waals surface area contributed by atoms with Crippen LogP contribution in [0.2, 0.25) is 10.0 Å². The number of carbonyl (C=O) groups is 2. The molecule has 3 aromatic carbocycles. The summed E-state index contributed by atoms with van der Waals surface area (Å²) in [6.45, 7) is 2.50. The molecule has 0 aliphatic carbocycles. The molecule has 0 radical (unpaired) electrons. The lowest BCUT2D eigenvalue weighted by Crippen LogP contribution is -2.27. The van der Waals surface area contributed by atoms with E-state index in [-0.39, 0.29) is 17.7 Å². The summed E-state index contributed by atoms with van der Waals surface area (Å²) in [5.41, 5.74) is 3.55. The molecule has 0 aromatic heterocycles. The number of ether oxygens (including phenoxy) is 2. The molecule has 1 fully saturated rings.